The Kier molecular flexibility index (Phi) is 3.49. The van der Waals surface area contributed by atoms with Crippen LogP contribution in [0.3, 0.4) is 0 Å². The summed E-state index contributed by atoms with van der Waals surface area (Å²) < 4.78 is 0. The van der Waals surface area contributed by atoms with Crippen LogP contribution in [0, 0.1) is 11.8 Å². The molecule has 1 aliphatic carbocycles. The summed E-state index contributed by atoms with van der Waals surface area (Å²) in [6.07, 6.45) is 2.17. The average molecular weight is 199 g/mol. The molecule has 1 amide bonds. The minimum absolute atomic E-state index is 0.0811. The third-order valence-electron chi connectivity index (χ3n) is 2.60. The number of carbonyl (C=O) groups is 2. The van der Waals surface area contributed by atoms with Crippen molar-refractivity contribution in [2.75, 3.05) is 0 Å². The van der Waals surface area contributed by atoms with E-state index in [0.717, 1.165) is 6.42 Å². The van der Waals surface area contributed by atoms with Crippen molar-refractivity contribution in [2.45, 2.75) is 39.2 Å². The largest absolute Gasteiger partial charge is 0.481 e. The van der Waals surface area contributed by atoms with Crippen LogP contribution in [-0.2, 0) is 9.59 Å². The number of carbonyl (C=O) groups excluding carboxylic acids is 1. The number of nitrogens with one attached hydrogen (secondary N) is 1. The van der Waals surface area contributed by atoms with Gasteiger partial charge in [-0.1, -0.05) is 6.42 Å². The van der Waals surface area contributed by atoms with Crippen LogP contribution in [0.15, 0.2) is 0 Å². The summed E-state index contributed by atoms with van der Waals surface area (Å²) in [6.45, 7) is 3.76. The Balaban J connectivity index is 2.58. The number of hydrogen-bond acceptors (Lipinski definition) is 2. The summed E-state index contributed by atoms with van der Waals surface area (Å²) in [5.41, 5.74) is 0. The number of aliphatic carboxylic acids is 1. The molecule has 2 N–H and O–H groups in total. The van der Waals surface area contributed by atoms with Gasteiger partial charge >= 0.3 is 5.97 Å². The van der Waals surface area contributed by atoms with Crippen LogP contribution in [0.5, 0.6) is 0 Å². The third-order valence-corrected chi connectivity index (χ3v) is 2.60. The van der Waals surface area contributed by atoms with Crippen molar-refractivity contribution in [1.29, 1.82) is 0 Å². The molecule has 4 heteroatoms. The standard InChI is InChI=1S/C10H17NO3/c1-6(2)11-9(12)7-4-3-5-8(7)10(13)14/h6-8H,3-5H2,1-2H3,(H,11,12)(H,13,14)/t7-,8+/m1/s1. The summed E-state index contributed by atoms with van der Waals surface area (Å²) in [5, 5.41) is 11.7. The normalized spacial score (nSPS) is 26.5. The van der Waals surface area contributed by atoms with Gasteiger partial charge in [-0.25, -0.2) is 0 Å². The van der Waals surface area contributed by atoms with Gasteiger partial charge in [-0.3, -0.25) is 9.59 Å². The Morgan fingerprint density at radius 3 is 2.36 bits per heavy atom. The second-order valence-electron chi connectivity index (χ2n) is 4.15. The van der Waals surface area contributed by atoms with Crippen molar-refractivity contribution in [1.82, 2.24) is 5.32 Å². The van der Waals surface area contributed by atoms with Crippen LogP contribution in [0.1, 0.15) is 33.1 Å². The van der Waals surface area contributed by atoms with E-state index in [2.05, 4.69) is 5.32 Å². The van der Waals surface area contributed by atoms with Crippen LogP contribution in [0.4, 0.5) is 0 Å². The van der Waals surface area contributed by atoms with Crippen molar-refractivity contribution >= 4 is 11.9 Å². The predicted molar refractivity (Wildman–Crippen MR) is 51.7 cm³/mol. The SMILES string of the molecule is CC(C)NC(=O)[C@@H]1CCC[C@@H]1C(=O)O. The van der Waals surface area contributed by atoms with Crippen molar-refractivity contribution in [3.05, 3.63) is 0 Å². The summed E-state index contributed by atoms with van der Waals surface area (Å²) in [4.78, 5) is 22.4. The Morgan fingerprint density at radius 1 is 1.29 bits per heavy atom. The van der Waals surface area contributed by atoms with E-state index < -0.39 is 11.9 Å². The molecule has 0 aromatic carbocycles. The molecule has 0 bridgehead atoms. The van der Waals surface area contributed by atoms with E-state index in [1.807, 2.05) is 13.8 Å². The number of carboxylic acid groups (broad SMARTS) is 1. The highest BCUT2D eigenvalue weighted by atomic mass is 16.4. The highest BCUT2D eigenvalue weighted by Gasteiger charge is 2.37. The molecule has 0 radical (unpaired) electrons. The molecule has 0 aromatic heterocycles. The number of amides is 1. The lowest BCUT2D eigenvalue weighted by atomic mass is 9.95. The molecule has 0 aromatic rings. The van der Waals surface area contributed by atoms with Crippen LogP contribution in [-0.4, -0.2) is 23.0 Å². The maximum Gasteiger partial charge on any atom is 0.307 e. The van der Waals surface area contributed by atoms with Crippen LogP contribution >= 0.6 is 0 Å². The number of hydrogen-bond donors (Lipinski definition) is 2. The average Bonchev–Trinajstić information content (AvgIpc) is 2.49. The fourth-order valence-corrected chi connectivity index (χ4v) is 1.96. The van der Waals surface area contributed by atoms with E-state index in [9.17, 15) is 9.59 Å². The van der Waals surface area contributed by atoms with Gasteiger partial charge < -0.3 is 10.4 Å². The Morgan fingerprint density at radius 2 is 1.86 bits per heavy atom. The monoisotopic (exact) mass is 199 g/mol. The zero-order valence-corrected chi connectivity index (χ0v) is 8.62. The van der Waals surface area contributed by atoms with Gasteiger partial charge in [-0.05, 0) is 26.7 Å². The Hall–Kier alpha value is -1.06. The van der Waals surface area contributed by atoms with Gasteiger partial charge in [-0.2, -0.15) is 0 Å². The fourth-order valence-electron chi connectivity index (χ4n) is 1.96. The Bertz CT molecular complexity index is 238. The molecule has 1 rings (SSSR count). The molecule has 0 spiro atoms. The summed E-state index contributed by atoms with van der Waals surface area (Å²) in [5.74, 6) is -1.75. The van der Waals surface area contributed by atoms with Gasteiger partial charge in [0.05, 0.1) is 11.8 Å². The lowest BCUT2D eigenvalue weighted by Crippen LogP contribution is -2.38. The molecule has 1 saturated carbocycles. The molecule has 2 atom stereocenters. The zero-order chi connectivity index (χ0) is 10.7. The van der Waals surface area contributed by atoms with E-state index >= 15 is 0 Å². The first-order chi connectivity index (χ1) is 6.52. The molecule has 14 heavy (non-hydrogen) atoms. The maximum absolute atomic E-state index is 11.6. The van der Waals surface area contributed by atoms with Crippen LogP contribution in [0.2, 0.25) is 0 Å². The molecule has 0 saturated heterocycles. The minimum Gasteiger partial charge on any atom is -0.481 e. The second-order valence-corrected chi connectivity index (χ2v) is 4.15. The highest BCUT2D eigenvalue weighted by molar-refractivity contribution is 5.85. The lowest BCUT2D eigenvalue weighted by Gasteiger charge is -2.17. The van der Waals surface area contributed by atoms with Crippen LogP contribution in [0.25, 0.3) is 0 Å². The second kappa shape index (κ2) is 4.44. The van der Waals surface area contributed by atoms with Gasteiger partial charge in [0.25, 0.3) is 0 Å². The smallest absolute Gasteiger partial charge is 0.307 e. The molecular weight excluding hydrogens is 182 g/mol. The quantitative estimate of drug-likeness (QED) is 0.713. The van der Waals surface area contributed by atoms with Crippen LogP contribution < -0.4 is 5.32 Å². The first kappa shape index (κ1) is 11.0. The molecule has 0 unspecified atom stereocenters. The van der Waals surface area contributed by atoms with Gasteiger partial charge in [0.1, 0.15) is 0 Å². The topological polar surface area (TPSA) is 66.4 Å². The molecule has 0 heterocycles. The Labute approximate surface area is 83.7 Å². The van der Waals surface area contributed by atoms with Crippen molar-refractivity contribution < 1.29 is 14.7 Å². The van der Waals surface area contributed by atoms with Gasteiger partial charge in [0.2, 0.25) is 5.91 Å². The van der Waals surface area contributed by atoms with Gasteiger partial charge in [0.15, 0.2) is 0 Å². The van der Waals surface area contributed by atoms with Crippen molar-refractivity contribution in [3.8, 4) is 0 Å². The molecule has 4 nitrogen and oxygen atoms in total. The third kappa shape index (κ3) is 2.47. The molecule has 1 fully saturated rings. The predicted octanol–water partition coefficient (Wildman–Crippen LogP) is 1.01. The maximum atomic E-state index is 11.6. The van der Waals surface area contributed by atoms with E-state index in [0.29, 0.717) is 12.8 Å². The first-order valence-corrected chi connectivity index (χ1v) is 5.05. The summed E-state index contributed by atoms with van der Waals surface area (Å²) in [6, 6.07) is 0.0811. The van der Waals surface area contributed by atoms with Gasteiger partial charge in [-0.15, -0.1) is 0 Å². The van der Waals surface area contributed by atoms with E-state index in [1.165, 1.54) is 0 Å². The molecule has 80 valence electrons. The highest BCUT2D eigenvalue weighted by Crippen LogP contribution is 2.32. The molecule has 1 aliphatic rings. The minimum atomic E-state index is -0.841. The van der Waals surface area contributed by atoms with Crippen molar-refractivity contribution in [2.24, 2.45) is 11.8 Å². The van der Waals surface area contributed by atoms with Gasteiger partial charge in [0, 0.05) is 6.04 Å². The van der Waals surface area contributed by atoms with E-state index in [4.69, 9.17) is 5.11 Å². The summed E-state index contributed by atoms with van der Waals surface area (Å²) in [7, 11) is 0. The fraction of sp³-hybridized carbons (Fsp3) is 0.800. The number of rotatable bonds is 3. The van der Waals surface area contributed by atoms with Crippen molar-refractivity contribution in [3.63, 3.8) is 0 Å². The number of carboxylic acids is 1. The van der Waals surface area contributed by atoms with E-state index in [1.54, 1.807) is 0 Å². The summed E-state index contributed by atoms with van der Waals surface area (Å²) >= 11 is 0. The zero-order valence-electron chi connectivity index (χ0n) is 8.62. The molecular formula is C10H17NO3. The lowest BCUT2D eigenvalue weighted by molar-refractivity contribution is -0.146. The van der Waals surface area contributed by atoms with E-state index in [-0.39, 0.29) is 17.9 Å². The first-order valence-electron chi connectivity index (χ1n) is 5.05. The molecule has 0 aliphatic heterocycles.